The van der Waals surface area contributed by atoms with E-state index >= 15 is 0 Å². The van der Waals surface area contributed by atoms with Crippen LogP contribution in [0.25, 0.3) is 10.9 Å². The summed E-state index contributed by atoms with van der Waals surface area (Å²) in [5.74, 6) is 2.32. The molecule has 1 unspecified atom stereocenters. The molecule has 0 spiro atoms. The number of anilines is 1. The zero-order chi connectivity index (χ0) is 18.0. The van der Waals surface area contributed by atoms with E-state index in [1.165, 1.54) is 0 Å². The minimum absolute atomic E-state index is 0.113. The summed E-state index contributed by atoms with van der Waals surface area (Å²) in [7, 11) is 0.202. The number of aliphatic hydroxyl groups is 1. The maximum Gasteiger partial charge on any atom is 0.145 e. The number of methoxy groups -OCH3 is 1. The maximum absolute atomic E-state index is 11.6. The van der Waals surface area contributed by atoms with Gasteiger partial charge >= 0.3 is 0 Å². The molecule has 0 bridgehead atoms. The fourth-order valence-corrected chi connectivity index (χ4v) is 4.11. The molecular formula is C17H22N4O3S. The Hall–Kier alpha value is -2.06. The number of rotatable bonds is 5. The molecular weight excluding hydrogens is 340 g/mol. The minimum atomic E-state index is -1.42. The quantitative estimate of drug-likeness (QED) is 0.620. The molecule has 3 rings (SSSR count). The molecule has 7 nitrogen and oxygen atoms in total. The molecule has 0 saturated carbocycles. The molecule has 1 fully saturated rings. The average molecular weight is 362 g/mol. The second-order valence-electron chi connectivity index (χ2n) is 6.31. The van der Waals surface area contributed by atoms with Gasteiger partial charge in [-0.2, -0.15) is 0 Å². The number of fused-ring (bicyclic) bond motifs is 1. The standard InChI is InChI=1S/C17H22N4O3S/c1-12-19-15-13(4-3-5-14(15)24-2)16(20-12)21-8-6-17(22,7-9-21)10-25(23)11-18/h3-5,11,18,22H,6-10H2,1-2H3. The molecule has 1 aromatic heterocycles. The number of ether oxygens (including phenoxy) is 1. The summed E-state index contributed by atoms with van der Waals surface area (Å²) in [5.41, 5.74) is 0.671. The van der Waals surface area contributed by atoms with Crippen LogP contribution in [0.15, 0.2) is 18.2 Å². The van der Waals surface area contributed by atoms with E-state index in [1.54, 1.807) is 7.11 Å². The smallest absolute Gasteiger partial charge is 0.145 e. The van der Waals surface area contributed by atoms with Gasteiger partial charge in [-0.3, -0.25) is 9.62 Å². The number of benzene rings is 1. The van der Waals surface area contributed by atoms with E-state index in [1.807, 2.05) is 25.1 Å². The van der Waals surface area contributed by atoms with Gasteiger partial charge in [0.05, 0.1) is 34.8 Å². The van der Waals surface area contributed by atoms with Crippen LogP contribution in [0.3, 0.4) is 0 Å². The first-order chi connectivity index (χ1) is 12.0. The molecule has 2 aromatic rings. The third-order valence-electron chi connectivity index (χ3n) is 4.54. The van der Waals surface area contributed by atoms with E-state index in [2.05, 4.69) is 14.9 Å². The number of nitrogens with zero attached hydrogens (tertiary/aromatic N) is 3. The highest BCUT2D eigenvalue weighted by Gasteiger charge is 2.34. The Bertz CT molecular complexity index is 819. The van der Waals surface area contributed by atoms with Crippen molar-refractivity contribution >= 4 is 33.1 Å². The van der Waals surface area contributed by atoms with Crippen molar-refractivity contribution in [3.8, 4) is 5.75 Å². The Morgan fingerprint density at radius 2 is 2.12 bits per heavy atom. The molecule has 1 aliphatic heterocycles. The first kappa shape index (κ1) is 17.8. The Labute approximate surface area is 149 Å². The summed E-state index contributed by atoms with van der Waals surface area (Å²) in [4.78, 5) is 11.2. The van der Waals surface area contributed by atoms with Gasteiger partial charge in [0.25, 0.3) is 0 Å². The molecule has 134 valence electrons. The predicted octanol–water partition coefficient (Wildman–Crippen LogP) is 1.63. The van der Waals surface area contributed by atoms with E-state index in [9.17, 15) is 9.32 Å². The summed E-state index contributed by atoms with van der Waals surface area (Å²) >= 11 is 0. The molecule has 1 aliphatic rings. The lowest BCUT2D eigenvalue weighted by Crippen LogP contribution is -2.48. The highest BCUT2D eigenvalue weighted by Crippen LogP contribution is 2.33. The van der Waals surface area contributed by atoms with Crippen LogP contribution in [0.4, 0.5) is 5.82 Å². The minimum Gasteiger partial charge on any atom is -0.494 e. The number of hydrogen-bond acceptors (Lipinski definition) is 7. The van der Waals surface area contributed by atoms with E-state index in [0.29, 0.717) is 37.5 Å². The molecule has 1 saturated heterocycles. The van der Waals surface area contributed by atoms with Crippen molar-refractivity contribution < 1.29 is 14.1 Å². The van der Waals surface area contributed by atoms with Crippen LogP contribution in [0.2, 0.25) is 0 Å². The van der Waals surface area contributed by atoms with Crippen LogP contribution in [0.5, 0.6) is 5.75 Å². The lowest BCUT2D eigenvalue weighted by molar-refractivity contribution is 0.0393. The lowest BCUT2D eigenvalue weighted by Gasteiger charge is -2.38. The summed E-state index contributed by atoms with van der Waals surface area (Å²) in [6, 6.07) is 5.76. The average Bonchev–Trinajstić information content (AvgIpc) is 2.61. The van der Waals surface area contributed by atoms with Gasteiger partial charge in [0.1, 0.15) is 22.9 Å². The Balaban J connectivity index is 1.89. The number of nitrogens with one attached hydrogen (secondary N) is 1. The third kappa shape index (κ3) is 3.64. The van der Waals surface area contributed by atoms with E-state index in [-0.39, 0.29) is 5.75 Å². The lowest BCUT2D eigenvalue weighted by atomic mass is 9.93. The number of aromatic nitrogens is 2. The Morgan fingerprint density at radius 1 is 1.40 bits per heavy atom. The van der Waals surface area contributed by atoms with Gasteiger partial charge in [-0.05, 0) is 31.9 Å². The number of hydrogen-bond donors (Lipinski definition) is 2. The van der Waals surface area contributed by atoms with Crippen molar-refractivity contribution in [1.29, 1.82) is 5.41 Å². The molecule has 1 aromatic carbocycles. The summed E-state index contributed by atoms with van der Waals surface area (Å²) < 4.78 is 17.0. The van der Waals surface area contributed by atoms with E-state index < -0.39 is 16.4 Å². The largest absolute Gasteiger partial charge is 0.494 e. The second kappa shape index (κ2) is 7.05. The van der Waals surface area contributed by atoms with Crippen LogP contribution < -0.4 is 9.64 Å². The summed E-state index contributed by atoms with van der Waals surface area (Å²) in [6.07, 6.45) is 0.974. The Morgan fingerprint density at radius 3 is 2.76 bits per heavy atom. The number of para-hydroxylation sites is 1. The van der Waals surface area contributed by atoms with Crippen LogP contribution in [-0.2, 0) is 10.8 Å². The fraction of sp³-hybridized carbons (Fsp3) is 0.471. The maximum atomic E-state index is 11.6. The van der Waals surface area contributed by atoms with Gasteiger partial charge in [0.2, 0.25) is 0 Å². The van der Waals surface area contributed by atoms with Gasteiger partial charge in [0.15, 0.2) is 0 Å². The van der Waals surface area contributed by atoms with Crippen molar-refractivity contribution in [3.63, 3.8) is 0 Å². The van der Waals surface area contributed by atoms with Crippen molar-refractivity contribution in [2.24, 2.45) is 0 Å². The van der Waals surface area contributed by atoms with Gasteiger partial charge in [-0.1, -0.05) is 6.07 Å². The highest BCUT2D eigenvalue weighted by molar-refractivity contribution is 7.98. The first-order valence-corrected chi connectivity index (χ1v) is 9.50. The van der Waals surface area contributed by atoms with Gasteiger partial charge in [-0.25, -0.2) is 9.97 Å². The molecule has 2 heterocycles. The summed E-state index contributed by atoms with van der Waals surface area (Å²) in [5, 5.41) is 18.6. The van der Waals surface area contributed by atoms with E-state index in [4.69, 9.17) is 10.1 Å². The zero-order valence-corrected chi connectivity index (χ0v) is 15.2. The van der Waals surface area contributed by atoms with Crippen molar-refractivity contribution in [3.05, 3.63) is 24.0 Å². The number of piperidine rings is 1. The van der Waals surface area contributed by atoms with Gasteiger partial charge in [0, 0.05) is 18.5 Å². The highest BCUT2D eigenvalue weighted by atomic mass is 32.2. The SMILES string of the molecule is COc1cccc2c(N3CCC(O)(CS(=O)C=N)CC3)nc(C)nc12. The Kier molecular flexibility index (Phi) is 5.01. The number of aryl methyl sites for hydroxylation is 1. The molecule has 0 aliphatic carbocycles. The fourth-order valence-electron chi connectivity index (χ4n) is 3.21. The van der Waals surface area contributed by atoms with E-state index in [0.717, 1.165) is 22.3 Å². The summed E-state index contributed by atoms with van der Waals surface area (Å²) in [6.45, 7) is 3.06. The third-order valence-corrected chi connectivity index (χ3v) is 5.62. The second-order valence-corrected chi connectivity index (χ2v) is 7.59. The van der Waals surface area contributed by atoms with Crippen molar-refractivity contribution in [1.82, 2.24) is 9.97 Å². The monoisotopic (exact) mass is 362 g/mol. The van der Waals surface area contributed by atoms with Gasteiger partial charge in [-0.15, -0.1) is 0 Å². The normalized spacial score (nSPS) is 18.1. The van der Waals surface area contributed by atoms with Gasteiger partial charge < -0.3 is 14.7 Å². The van der Waals surface area contributed by atoms with Crippen LogP contribution in [0, 0.1) is 12.3 Å². The van der Waals surface area contributed by atoms with Crippen molar-refractivity contribution in [2.75, 3.05) is 30.9 Å². The van der Waals surface area contributed by atoms with Crippen LogP contribution in [0.1, 0.15) is 18.7 Å². The molecule has 25 heavy (non-hydrogen) atoms. The molecule has 1 atom stereocenters. The molecule has 8 heteroatoms. The van der Waals surface area contributed by atoms with Crippen LogP contribution in [-0.4, -0.2) is 56.4 Å². The molecule has 0 amide bonds. The van der Waals surface area contributed by atoms with Crippen LogP contribution >= 0.6 is 0 Å². The predicted molar refractivity (Wildman–Crippen MR) is 99.0 cm³/mol. The topological polar surface area (TPSA) is 99.4 Å². The first-order valence-electron chi connectivity index (χ1n) is 8.12. The zero-order valence-electron chi connectivity index (χ0n) is 14.4. The molecule has 2 N–H and O–H groups in total. The molecule has 0 radical (unpaired) electrons. The van der Waals surface area contributed by atoms with Crippen molar-refractivity contribution in [2.45, 2.75) is 25.4 Å².